The number of rotatable bonds is 3. The van der Waals surface area contributed by atoms with E-state index in [9.17, 15) is 4.39 Å². The maximum atomic E-state index is 13.6. The molecule has 0 aromatic heterocycles. The first-order chi connectivity index (χ1) is 9.38. The van der Waals surface area contributed by atoms with Crippen LogP contribution in [0.3, 0.4) is 0 Å². The van der Waals surface area contributed by atoms with E-state index >= 15 is 0 Å². The highest BCUT2D eigenvalue weighted by Gasteiger charge is 2.13. The maximum absolute atomic E-state index is 13.6. The fraction of sp³-hybridized carbons (Fsp3) is 0.143. The Hall–Kier alpha value is -0.970. The summed E-state index contributed by atoms with van der Waals surface area (Å²) in [6, 6.07) is 7.98. The third kappa shape index (κ3) is 3.37. The van der Waals surface area contributed by atoms with Gasteiger partial charge in [0.15, 0.2) is 0 Å². The van der Waals surface area contributed by atoms with E-state index in [0.717, 1.165) is 5.56 Å². The molecule has 0 heterocycles. The Bertz CT molecular complexity index is 649. The van der Waals surface area contributed by atoms with Gasteiger partial charge in [0, 0.05) is 16.1 Å². The Morgan fingerprint density at radius 3 is 2.60 bits per heavy atom. The van der Waals surface area contributed by atoms with Crippen LogP contribution in [0.15, 0.2) is 34.8 Å². The highest BCUT2D eigenvalue weighted by atomic mass is 79.9. The normalized spacial score (nSPS) is 12.2. The topological polar surface area (TPSA) is 38.0 Å². The Morgan fingerprint density at radius 1 is 1.25 bits per heavy atom. The van der Waals surface area contributed by atoms with Crippen molar-refractivity contribution in [1.82, 2.24) is 0 Å². The number of anilines is 2. The molecule has 2 rings (SSSR count). The SMILES string of the molecule is CC(Nc1cc(F)c(Br)cc1N)c1ccc(Cl)cc1Cl. The van der Waals surface area contributed by atoms with Gasteiger partial charge >= 0.3 is 0 Å². The highest BCUT2D eigenvalue weighted by Crippen LogP contribution is 2.32. The number of halogens is 4. The van der Waals surface area contributed by atoms with Gasteiger partial charge in [0.2, 0.25) is 0 Å². The Morgan fingerprint density at radius 2 is 1.95 bits per heavy atom. The number of nitrogens with two attached hydrogens (primary N) is 1. The summed E-state index contributed by atoms with van der Waals surface area (Å²) < 4.78 is 13.9. The molecule has 0 aliphatic rings. The molecule has 0 aliphatic carbocycles. The van der Waals surface area contributed by atoms with Gasteiger partial charge in [-0.05, 0) is 46.6 Å². The van der Waals surface area contributed by atoms with Gasteiger partial charge in [-0.15, -0.1) is 0 Å². The van der Waals surface area contributed by atoms with Gasteiger partial charge in [0.1, 0.15) is 5.82 Å². The average Bonchev–Trinajstić information content (AvgIpc) is 2.35. The summed E-state index contributed by atoms with van der Waals surface area (Å²) in [5, 5.41) is 4.26. The number of hydrogen-bond acceptors (Lipinski definition) is 2. The van der Waals surface area contributed by atoms with E-state index in [0.29, 0.717) is 25.9 Å². The van der Waals surface area contributed by atoms with E-state index in [1.807, 2.05) is 13.0 Å². The van der Waals surface area contributed by atoms with E-state index in [-0.39, 0.29) is 11.9 Å². The van der Waals surface area contributed by atoms with Gasteiger partial charge in [-0.3, -0.25) is 0 Å². The summed E-state index contributed by atoms with van der Waals surface area (Å²) in [7, 11) is 0. The number of hydrogen-bond donors (Lipinski definition) is 2. The van der Waals surface area contributed by atoms with E-state index in [2.05, 4.69) is 21.2 Å². The number of nitrogens with one attached hydrogen (secondary N) is 1. The fourth-order valence-electron chi connectivity index (χ4n) is 1.85. The predicted molar refractivity (Wildman–Crippen MR) is 87.0 cm³/mol. The van der Waals surface area contributed by atoms with Gasteiger partial charge in [-0.2, -0.15) is 0 Å². The average molecular weight is 378 g/mol. The van der Waals surface area contributed by atoms with E-state index in [1.54, 1.807) is 12.1 Å². The van der Waals surface area contributed by atoms with Crippen molar-refractivity contribution in [3.8, 4) is 0 Å². The lowest BCUT2D eigenvalue weighted by Gasteiger charge is -2.19. The lowest BCUT2D eigenvalue weighted by Crippen LogP contribution is -2.09. The third-order valence-electron chi connectivity index (χ3n) is 2.89. The minimum atomic E-state index is -0.379. The molecule has 2 aromatic carbocycles. The molecular formula is C14H12BrCl2FN2. The zero-order chi connectivity index (χ0) is 14.9. The van der Waals surface area contributed by atoms with Crippen LogP contribution in [0.2, 0.25) is 10.0 Å². The predicted octanol–water partition coefficient (Wildman–Crippen LogP) is 5.65. The molecule has 2 nitrogen and oxygen atoms in total. The maximum Gasteiger partial charge on any atom is 0.139 e. The minimum Gasteiger partial charge on any atom is -0.397 e. The summed E-state index contributed by atoms with van der Waals surface area (Å²) in [5.41, 5.74) is 7.70. The van der Waals surface area contributed by atoms with Gasteiger partial charge in [-0.1, -0.05) is 29.3 Å². The van der Waals surface area contributed by atoms with Crippen LogP contribution in [0.25, 0.3) is 0 Å². The zero-order valence-electron chi connectivity index (χ0n) is 10.6. The Balaban J connectivity index is 2.27. The minimum absolute atomic E-state index is 0.136. The molecule has 3 N–H and O–H groups in total. The monoisotopic (exact) mass is 376 g/mol. The second-order valence-electron chi connectivity index (χ2n) is 4.39. The van der Waals surface area contributed by atoms with Crippen LogP contribution >= 0.6 is 39.1 Å². The molecule has 6 heteroatoms. The summed E-state index contributed by atoms with van der Waals surface area (Å²) >= 11 is 15.1. The molecule has 0 radical (unpaired) electrons. The zero-order valence-corrected chi connectivity index (χ0v) is 13.7. The first kappa shape index (κ1) is 15.4. The number of benzene rings is 2. The molecule has 2 aromatic rings. The van der Waals surface area contributed by atoms with Crippen LogP contribution in [-0.2, 0) is 0 Å². The van der Waals surface area contributed by atoms with E-state index in [1.165, 1.54) is 12.1 Å². The molecule has 0 spiro atoms. The standard InChI is InChI=1S/C14H12BrCl2FN2/c1-7(9-3-2-8(16)4-11(9)17)20-14-6-12(18)10(15)5-13(14)19/h2-7,20H,19H2,1H3. The van der Waals surface area contributed by atoms with Crippen molar-refractivity contribution in [2.24, 2.45) is 0 Å². The molecule has 1 atom stereocenters. The first-order valence-corrected chi connectivity index (χ1v) is 7.39. The van der Waals surface area contributed by atoms with Crippen LogP contribution in [0.5, 0.6) is 0 Å². The smallest absolute Gasteiger partial charge is 0.139 e. The second-order valence-corrected chi connectivity index (χ2v) is 6.08. The Labute approximate surface area is 135 Å². The van der Waals surface area contributed by atoms with Gasteiger partial charge in [0.25, 0.3) is 0 Å². The van der Waals surface area contributed by atoms with Crippen molar-refractivity contribution in [2.75, 3.05) is 11.1 Å². The molecule has 0 bridgehead atoms. The van der Waals surface area contributed by atoms with Crippen LogP contribution in [-0.4, -0.2) is 0 Å². The van der Waals surface area contributed by atoms with Crippen LogP contribution < -0.4 is 11.1 Å². The molecule has 0 saturated heterocycles. The molecule has 20 heavy (non-hydrogen) atoms. The van der Waals surface area contributed by atoms with Gasteiger partial charge in [0.05, 0.1) is 21.9 Å². The first-order valence-electron chi connectivity index (χ1n) is 5.84. The van der Waals surface area contributed by atoms with Crippen LogP contribution in [0, 0.1) is 5.82 Å². The van der Waals surface area contributed by atoms with Crippen molar-refractivity contribution in [2.45, 2.75) is 13.0 Å². The second kappa shape index (κ2) is 6.20. The molecular weight excluding hydrogens is 366 g/mol. The van der Waals surface area contributed by atoms with Crippen LogP contribution in [0.4, 0.5) is 15.8 Å². The summed E-state index contributed by atoms with van der Waals surface area (Å²) in [5.74, 6) is -0.379. The molecule has 0 saturated carbocycles. The number of nitrogen functional groups attached to an aromatic ring is 1. The summed E-state index contributed by atoms with van der Waals surface area (Å²) in [6.45, 7) is 1.91. The highest BCUT2D eigenvalue weighted by molar-refractivity contribution is 9.10. The van der Waals surface area contributed by atoms with Crippen molar-refractivity contribution < 1.29 is 4.39 Å². The Kier molecular flexibility index (Phi) is 4.78. The lowest BCUT2D eigenvalue weighted by molar-refractivity contribution is 0.621. The third-order valence-corrected chi connectivity index (χ3v) is 4.06. The summed E-state index contributed by atoms with van der Waals surface area (Å²) in [6.07, 6.45) is 0. The van der Waals surface area contributed by atoms with Gasteiger partial charge < -0.3 is 11.1 Å². The van der Waals surface area contributed by atoms with Crippen molar-refractivity contribution >= 4 is 50.5 Å². The van der Waals surface area contributed by atoms with E-state index < -0.39 is 0 Å². The molecule has 0 amide bonds. The fourth-order valence-corrected chi connectivity index (χ4v) is 2.78. The molecule has 0 fully saturated rings. The van der Waals surface area contributed by atoms with E-state index in [4.69, 9.17) is 28.9 Å². The molecule has 106 valence electrons. The largest absolute Gasteiger partial charge is 0.397 e. The van der Waals surface area contributed by atoms with Crippen molar-refractivity contribution in [3.63, 3.8) is 0 Å². The van der Waals surface area contributed by atoms with Crippen molar-refractivity contribution in [1.29, 1.82) is 0 Å². The van der Waals surface area contributed by atoms with Gasteiger partial charge in [-0.25, -0.2) is 4.39 Å². The molecule has 1 unspecified atom stereocenters. The summed E-state index contributed by atoms with van der Waals surface area (Å²) in [4.78, 5) is 0. The van der Waals surface area contributed by atoms with Crippen LogP contribution in [0.1, 0.15) is 18.5 Å². The molecule has 0 aliphatic heterocycles. The lowest BCUT2D eigenvalue weighted by atomic mass is 10.1. The quantitative estimate of drug-likeness (QED) is 0.678. The van der Waals surface area contributed by atoms with Crippen molar-refractivity contribution in [3.05, 3.63) is 56.2 Å².